The zero-order valence-electron chi connectivity index (χ0n) is 13.2. The fourth-order valence-electron chi connectivity index (χ4n) is 1.86. The van der Waals surface area contributed by atoms with Gasteiger partial charge in [-0.3, -0.25) is 4.99 Å². The van der Waals surface area contributed by atoms with E-state index in [2.05, 4.69) is 22.5 Å². The maximum atomic E-state index is 12.0. The number of halogens is 1. The Kier molecular flexibility index (Phi) is 11.3. The van der Waals surface area contributed by atoms with Gasteiger partial charge in [-0.15, -0.1) is 24.0 Å². The smallest absolute Gasteiger partial charge is 0.190 e. The van der Waals surface area contributed by atoms with E-state index in [-0.39, 0.29) is 35.5 Å². The molecule has 0 aliphatic heterocycles. The summed E-state index contributed by atoms with van der Waals surface area (Å²) < 4.78 is 24.0. The van der Waals surface area contributed by atoms with Gasteiger partial charge in [-0.05, 0) is 18.4 Å². The normalized spacial score (nSPS) is 11.6. The second kappa shape index (κ2) is 11.7. The molecule has 0 bridgehead atoms. The van der Waals surface area contributed by atoms with E-state index < -0.39 is 9.84 Å². The van der Waals surface area contributed by atoms with Crippen LogP contribution in [0.5, 0.6) is 0 Å². The first-order valence-electron chi connectivity index (χ1n) is 7.26. The molecule has 0 aliphatic carbocycles. The van der Waals surface area contributed by atoms with Gasteiger partial charge in [-0.25, -0.2) is 8.42 Å². The Hall–Kier alpha value is -0.830. The van der Waals surface area contributed by atoms with Gasteiger partial charge in [0.2, 0.25) is 0 Å². The predicted molar refractivity (Wildman–Crippen MR) is 104 cm³/mol. The Morgan fingerprint density at radius 2 is 1.77 bits per heavy atom. The van der Waals surface area contributed by atoms with Gasteiger partial charge in [0.25, 0.3) is 0 Å². The molecule has 1 aromatic rings. The van der Waals surface area contributed by atoms with Crippen LogP contribution in [-0.2, 0) is 15.6 Å². The van der Waals surface area contributed by atoms with Gasteiger partial charge in [-0.2, -0.15) is 0 Å². The summed E-state index contributed by atoms with van der Waals surface area (Å²) in [6.45, 7) is 3.53. The number of rotatable bonds is 8. The third-order valence-electron chi connectivity index (χ3n) is 2.92. The first kappa shape index (κ1) is 21.2. The topological polar surface area (TPSA) is 70.6 Å². The van der Waals surface area contributed by atoms with Crippen molar-refractivity contribution < 1.29 is 8.42 Å². The van der Waals surface area contributed by atoms with Crippen molar-refractivity contribution in [2.24, 2.45) is 4.99 Å². The van der Waals surface area contributed by atoms with Crippen LogP contribution in [-0.4, -0.2) is 40.3 Å². The Balaban J connectivity index is 0.00000441. The summed E-state index contributed by atoms with van der Waals surface area (Å²) >= 11 is 0. The van der Waals surface area contributed by atoms with Crippen molar-refractivity contribution in [2.45, 2.75) is 25.5 Å². The summed E-state index contributed by atoms with van der Waals surface area (Å²) in [7, 11) is -1.35. The highest BCUT2D eigenvalue weighted by Gasteiger charge is 2.11. The van der Waals surface area contributed by atoms with Crippen LogP contribution in [0.15, 0.2) is 35.3 Å². The minimum absolute atomic E-state index is 0. The number of hydrogen-bond acceptors (Lipinski definition) is 3. The molecule has 22 heavy (non-hydrogen) atoms. The number of hydrogen-bond donors (Lipinski definition) is 2. The van der Waals surface area contributed by atoms with E-state index in [4.69, 9.17) is 0 Å². The predicted octanol–water partition coefficient (Wildman–Crippen LogP) is 2.18. The average molecular weight is 439 g/mol. The maximum absolute atomic E-state index is 12.0. The summed E-state index contributed by atoms with van der Waals surface area (Å²) in [4.78, 5) is 4.07. The molecule has 1 rings (SSSR count). The van der Waals surface area contributed by atoms with Crippen LogP contribution in [0.4, 0.5) is 0 Å². The highest BCUT2D eigenvalue weighted by atomic mass is 127. The zero-order chi connectivity index (χ0) is 15.6. The average Bonchev–Trinajstić information content (AvgIpc) is 2.47. The fraction of sp³-hybridized carbons (Fsp3) is 0.533. The minimum Gasteiger partial charge on any atom is -0.356 e. The first-order valence-corrected chi connectivity index (χ1v) is 9.08. The second-order valence-corrected chi connectivity index (χ2v) is 7.04. The quantitative estimate of drug-likeness (QED) is 0.282. The summed E-state index contributed by atoms with van der Waals surface area (Å²) in [6.07, 6.45) is 1.59. The number of benzene rings is 1. The van der Waals surface area contributed by atoms with Crippen LogP contribution in [0.1, 0.15) is 25.3 Å². The zero-order valence-corrected chi connectivity index (χ0v) is 16.4. The van der Waals surface area contributed by atoms with Gasteiger partial charge in [0, 0.05) is 20.1 Å². The first-order chi connectivity index (χ1) is 10.1. The Labute approximate surface area is 150 Å². The molecule has 0 radical (unpaired) electrons. The van der Waals surface area contributed by atoms with Gasteiger partial charge >= 0.3 is 0 Å². The third-order valence-corrected chi connectivity index (χ3v) is 4.60. The van der Waals surface area contributed by atoms with Crippen LogP contribution in [0.2, 0.25) is 0 Å². The molecule has 0 saturated heterocycles. The van der Waals surface area contributed by atoms with Gasteiger partial charge in [0.15, 0.2) is 15.8 Å². The highest BCUT2D eigenvalue weighted by molar-refractivity contribution is 14.0. The monoisotopic (exact) mass is 439 g/mol. The lowest BCUT2D eigenvalue weighted by Crippen LogP contribution is -2.38. The van der Waals surface area contributed by atoms with E-state index in [9.17, 15) is 8.42 Å². The molecule has 1 aromatic carbocycles. The van der Waals surface area contributed by atoms with Crippen LogP contribution in [0.25, 0.3) is 0 Å². The minimum atomic E-state index is -3.06. The molecule has 126 valence electrons. The van der Waals surface area contributed by atoms with Gasteiger partial charge in [-0.1, -0.05) is 37.3 Å². The van der Waals surface area contributed by atoms with Gasteiger partial charge in [0.05, 0.1) is 11.5 Å². The van der Waals surface area contributed by atoms with E-state index in [1.165, 1.54) is 0 Å². The van der Waals surface area contributed by atoms with E-state index >= 15 is 0 Å². The fourth-order valence-corrected chi connectivity index (χ4v) is 3.29. The third kappa shape index (κ3) is 9.24. The molecule has 7 heteroatoms. The lowest BCUT2D eigenvalue weighted by molar-refractivity contribution is 0.591. The summed E-state index contributed by atoms with van der Waals surface area (Å²) in [5.74, 6) is 1.01. The van der Waals surface area contributed by atoms with Crippen LogP contribution in [0.3, 0.4) is 0 Å². The largest absolute Gasteiger partial charge is 0.356 e. The van der Waals surface area contributed by atoms with Crippen LogP contribution < -0.4 is 10.6 Å². The number of nitrogens with zero attached hydrogens (tertiary/aromatic N) is 1. The van der Waals surface area contributed by atoms with Crippen molar-refractivity contribution >= 4 is 39.8 Å². The molecule has 0 fully saturated rings. The molecule has 2 N–H and O–H groups in total. The lowest BCUT2D eigenvalue weighted by Gasteiger charge is -2.11. The summed E-state index contributed by atoms with van der Waals surface area (Å²) in [6, 6.07) is 9.28. The van der Waals surface area contributed by atoms with E-state index in [1.807, 2.05) is 30.3 Å². The Morgan fingerprint density at radius 1 is 1.14 bits per heavy atom. The molecular weight excluding hydrogens is 413 g/mol. The van der Waals surface area contributed by atoms with Crippen molar-refractivity contribution in [3.63, 3.8) is 0 Å². The van der Waals surface area contributed by atoms with Crippen LogP contribution in [0, 0.1) is 0 Å². The van der Waals surface area contributed by atoms with E-state index in [0.29, 0.717) is 13.0 Å². The molecule has 0 saturated carbocycles. The summed E-state index contributed by atoms with van der Waals surface area (Å²) in [5.41, 5.74) is 0.839. The highest BCUT2D eigenvalue weighted by Crippen LogP contribution is 2.06. The molecule has 0 aromatic heterocycles. The van der Waals surface area contributed by atoms with Crippen molar-refractivity contribution in [1.29, 1.82) is 0 Å². The Bertz CT molecular complexity index is 533. The molecule has 0 atom stereocenters. The number of sulfone groups is 1. The van der Waals surface area contributed by atoms with Crippen molar-refractivity contribution in [3.8, 4) is 0 Å². The van der Waals surface area contributed by atoms with Crippen LogP contribution >= 0.6 is 24.0 Å². The van der Waals surface area contributed by atoms with Crippen molar-refractivity contribution in [2.75, 3.05) is 25.9 Å². The lowest BCUT2D eigenvalue weighted by atomic mass is 10.2. The maximum Gasteiger partial charge on any atom is 0.190 e. The summed E-state index contributed by atoms with van der Waals surface area (Å²) in [5, 5.41) is 6.26. The standard InChI is InChI=1S/C15H25N3O2S.HI/c1-3-10-17-15(16-2)18-11-7-12-21(19,20)13-14-8-5-4-6-9-14;/h4-6,8-9H,3,7,10-13H2,1-2H3,(H2,16,17,18);1H. The SMILES string of the molecule is CCCNC(=NC)NCCCS(=O)(=O)Cc1ccccc1.I. The number of nitrogens with one attached hydrogen (secondary N) is 2. The molecule has 0 heterocycles. The second-order valence-electron chi connectivity index (χ2n) is 4.86. The molecule has 5 nitrogen and oxygen atoms in total. The number of guanidine groups is 1. The molecular formula is C15H26IN3O2S. The van der Waals surface area contributed by atoms with E-state index in [0.717, 1.165) is 24.5 Å². The van der Waals surface area contributed by atoms with Gasteiger partial charge < -0.3 is 10.6 Å². The van der Waals surface area contributed by atoms with Crippen molar-refractivity contribution in [1.82, 2.24) is 10.6 Å². The molecule has 0 spiro atoms. The van der Waals surface area contributed by atoms with Crippen molar-refractivity contribution in [3.05, 3.63) is 35.9 Å². The Morgan fingerprint density at radius 3 is 2.36 bits per heavy atom. The molecule has 0 unspecified atom stereocenters. The van der Waals surface area contributed by atoms with Gasteiger partial charge in [0.1, 0.15) is 0 Å². The van der Waals surface area contributed by atoms with E-state index in [1.54, 1.807) is 7.05 Å². The number of aliphatic imine (C=N–C) groups is 1. The molecule has 0 aliphatic rings. The molecule has 0 amide bonds.